The number of carbonyl (C=O) groups excluding carboxylic acids is 3. The number of aldehydes is 2. The highest BCUT2D eigenvalue weighted by Gasteiger charge is 2.66. The number of nitrogens with one attached hydrogen (secondary N) is 1. The van der Waals surface area contributed by atoms with Gasteiger partial charge in [0, 0.05) is 13.5 Å². The number of nitrogens with zero attached hydrogens (tertiary/aromatic N) is 1. The zero-order valence-electron chi connectivity index (χ0n) is 12.9. The molecule has 0 bridgehead atoms. The van der Waals surface area contributed by atoms with Gasteiger partial charge in [-0.15, -0.1) is 0 Å². The van der Waals surface area contributed by atoms with Crippen LogP contribution in [0.2, 0.25) is 0 Å². The summed E-state index contributed by atoms with van der Waals surface area (Å²) in [4.78, 5) is 45.5. The highest BCUT2D eigenvalue weighted by atomic mass is 32.2. The van der Waals surface area contributed by atoms with Gasteiger partial charge in [0.25, 0.3) is 0 Å². The lowest BCUT2D eigenvalue weighted by Gasteiger charge is -2.44. The Bertz CT molecular complexity index is 515. The maximum absolute atomic E-state index is 12.3. The lowest BCUT2D eigenvalue weighted by atomic mass is 9.99. The average molecular weight is 344 g/mol. The van der Waals surface area contributed by atoms with E-state index in [9.17, 15) is 24.3 Å². The largest absolute Gasteiger partial charge is 0.480 e. The molecule has 0 aromatic carbocycles. The molecule has 9 heteroatoms. The Labute approximate surface area is 137 Å². The van der Waals surface area contributed by atoms with E-state index in [1.807, 2.05) is 0 Å². The van der Waals surface area contributed by atoms with Crippen LogP contribution >= 0.6 is 11.8 Å². The number of carbonyl (C=O) groups is 4. The summed E-state index contributed by atoms with van der Waals surface area (Å²) in [6, 6.07) is -2.22. The van der Waals surface area contributed by atoms with Gasteiger partial charge in [0.2, 0.25) is 5.91 Å². The Balaban J connectivity index is 2.05. The SMILES string of the molecule is COC1(C)S[C@H]2C(NC(C=O)CCCC=O)C(=O)N2C1C(=O)O. The highest BCUT2D eigenvalue weighted by Crippen LogP contribution is 2.51. The first-order valence-corrected chi connectivity index (χ1v) is 8.20. The van der Waals surface area contributed by atoms with Crippen LogP contribution in [0.15, 0.2) is 0 Å². The van der Waals surface area contributed by atoms with Gasteiger partial charge in [-0.25, -0.2) is 4.79 Å². The minimum Gasteiger partial charge on any atom is -0.480 e. The predicted octanol–water partition coefficient (Wildman–Crippen LogP) is -0.388. The second-order valence-corrected chi connectivity index (χ2v) is 7.23. The summed E-state index contributed by atoms with van der Waals surface area (Å²) < 4.78 is 5.31. The normalized spacial score (nSPS) is 33.7. The summed E-state index contributed by atoms with van der Waals surface area (Å²) >= 11 is 1.26. The predicted molar refractivity (Wildman–Crippen MR) is 81.8 cm³/mol. The lowest BCUT2D eigenvalue weighted by molar-refractivity contribution is -0.165. The minimum atomic E-state index is -1.12. The van der Waals surface area contributed by atoms with Crippen LogP contribution in [0.4, 0.5) is 0 Å². The van der Waals surface area contributed by atoms with E-state index in [-0.39, 0.29) is 11.3 Å². The van der Waals surface area contributed by atoms with E-state index >= 15 is 0 Å². The molecule has 128 valence electrons. The van der Waals surface area contributed by atoms with Crippen LogP contribution in [0.5, 0.6) is 0 Å². The summed E-state index contributed by atoms with van der Waals surface area (Å²) in [7, 11) is 1.41. The maximum Gasteiger partial charge on any atom is 0.330 e. The molecule has 0 aliphatic carbocycles. The molecule has 23 heavy (non-hydrogen) atoms. The number of hydrogen-bond donors (Lipinski definition) is 2. The fourth-order valence-electron chi connectivity index (χ4n) is 2.94. The lowest BCUT2D eigenvalue weighted by Crippen LogP contribution is -2.71. The first-order chi connectivity index (χ1) is 10.9. The highest BCUT2D eigenvalue weighted by molar-refractivity contribution is 8.01. The fraction of sp³-hybridized carbons (Fsp3) is 0.714. The molecule has 5 atom stereocenters. The molecule has 2 fully saturated rings. The van der Waals surface area contributed by atoms with Crippen molar-refractivity contribution in [2.45, 2.75) is 54.6 Å². The fourth-order valence-corrected chi connectivity index (χ4v) is 4.53. The van der Waals surface area contributed by atoms with Crippen LogP contribution in [-0.2, 0) is 23.9 Å². The van der Waals surface area contributed by atoms with Crippen molar-refractivity contribution in [3.63, 3.8) is 0 Å². The topological polar surface area (TPSA) is 113 Å². The van der Waals surface area contributed by atoms with Crippen LogP contribution < -0.4 is 5.32 Å². The number of aliphatic carboxylic acids is 1. The Kier molecular flexibility index (Phi) is 5.43. The van der Waals surface area contributed by atoms with Crippen LogP contribution in [0.3, 0.4) is 0 Å². The monoisotopic (exact) mass is 344 g/mol. The van der Waals surface area contributed by atoms with Crippen molar-refractivity contribution in [3.8, 4) is 0 Å². The molecule has 2 N–H and O–H groups in total. The van der Waals surface area contributed by atoms with Gasteiger partial charge < -0.3 is 24.3 Å². The van der Waals surface area contributed by atoms with Crippen LogP contribution in [0.25, 0.3) is 0 Å². The molecule has 2 heterocycles. The number of rotatable bonds is 9. The van der Waals surface area contributed by atoms with E-state index in [1.54, 1.807) is 6.92 Å². The van der Waals surface area contributed by atoms with E-state index < -0.39 is 29.0 Å². The zero-order chi connectivity index (χ0) is 17.2. The van der Waals surface area contributed by atoms with Gasteiger partial charge in [0.1, 0.15) is 28.9 Å². The van der Waals surface area contributed by atoms with Crippen molar-refractivity contribution >= 4 is 36.2 Å². The number of β-lactam (4-membered cyclic amide) rings is 1. The van der Waals surface area contributed by atoms with Gasteiger partial charge in [-0.05, 0) is 19.8 Å². The number of ether oxygens (including phenoxy) is 1. The first-order valence-electron chi connectivity index (χ1n) is 7.32. The number of thioether (sulfide) groups is 1. The molecule has 0 aromatic heterocycles. The van der Waals surface area contributed by atoms with Gasteiger partial charge in [0.15, 0.2) is 6.04 Å². The van der Waals surface area contributed by atoms with Gasteiger partial charge in [-0.1, -0.05) is 11.8 Å². The third-order valence-corrected chi connectivity index (χ3v) is 5.84. The summed E-state index contributed by atoms with van der Waals surface area (Å²) in [6.45, 7) is 1.64. The molecule has 2 aliphatic heterocycles. The van der Waals surface area contributed by atoms with Crippen molar-refractivity contribution in [3.05, 3.63) is 0 Å². The Hall–Kier alpha value is -1.45. The summed E-state index contributed by atoms with van der Waals surface area (Å²) in [5.41, 5.74) is 0. The first kappa shape index (κ1) is 17.9. The molecule has 0 saturated carbocycles. The van der Waals surface area contributed by atoms with Gasteiger partial charge in [0.05, 0.1) is 6.04 Å². The van der Waals surface area contributed by atoms with Gasteiger partial charge in [-0.2, -0.15) is 0 Å². The molecule has 2 aliphatic rings. The number of fused-ring (bicyclic) bond motifs is 1. The standard InChI is InChI=1S/C14H20N2O6S/c1-14(22-2)10(13(20)21)16-11(19)9(12(16)23-14)15-8(7-18)5-3-4-6-17/h6-10,12,15H,3-5H2,1-2H3,(H,20,21)/t8?,9?,10?,12-,14?/m0/s1. The van der Waals surface area contributed by atoms with Crippen molar-refractivity contribution in [1.82, 2.24) is 10.2 Å². The Morgan fingerprint density at radius 3 is 2.78 bits per heavy atom. The number of carboxylic acids is 1. The number of unbranched alkanes of at least 4 members (excludes halogenated alkanes) is 1. The summed E-state index contributed by atoms with van der Waals surface area (Å²) in [6.07, 6.45) is 2.86. The summed E-state index contributed by atoms with van der Waals surface area (Å²) in [5, 5.41) is 12.0. The molecule has 4 unspecified atom stereocenters. The number of hydrogen-bond acceptors (Lipinski definition) is 7. The Morgan fingerprint density at radius 2 is 2.26 bits per heavy atom. The maximum atomic E-state index is 12.3. The molecule has 2 saturated heterocycles. The van der Waals surface area contributed by atoms with Gasteiger partial charge in [-0.3, -0.25) is 10.1 Å². The van der Waals surface area contributed by atoms with Crippen molar-refractivity contribution in [2.24, 2.45) is 0 Å². The van der Waals surface area contributed by atoms with Crippen LogP contribution in [0.1, 0.15) is 26.2 Å². The molecule has 0 aromatic rings. The summed E-state index contributed by atoms with van der Waals surface area (Å²) in [5.74, 6) is -1.47. The number of amides is 1. The van der Waals surface area contributed by atoms with E-state index in [2.05, 4.69) is 5.32 Å². The second kappa shape index (κ2) is 6.98. The molecule has 8 nitrogen and oxygen atoms in total. The van der Waals surface area contributed by atoms with Crippen LogP contribution in [-0.4, -0.2) is 70.0 Å². The third kappa shape index (κ3) is 3.13. The van der Waals surface area contributed by atoms with Crippen molar-refractivity contribution in [2.75, 3.05) is 7.11 Å². The quantitative estimate of drug-likeness (QED) is 0.330. The van der Waals surface area contributed by atoms with Crippen LogP contribution in [0, 0.1) is 0 Å². The smallest absolute Gasteiger partial charge is 0.330 e. The van der Waals surface area contributed by atoms with E-state index in [0.717, 1.165) is 6.29 Å². The van der Waals surface area contributed by atoms with E-state index in [1.165, 1.54) is 23.8 Å². The Morgan fingerprint density at radius 1 is 1.57 bits per heavy atom. The molecule has 2 rings (SSSR count). The number of methoxy groups -OCH3 is 1. The molecule has 0 radical (unpaired) electrons. The zero-order valence-corrected chi connectivity index (χ0v) is 13.7. The molecular weight excluding hydrogens is 324 g/mol. The number of carboxylic acid groups (broad SMARTS) is 1. The van der Waals surface area contributed by atoms with Gasteiger partial charge >= 0.3 is 5.97 Å². The molecular formula is C14H20N2O6S. The average Bonchev–Trinajstić information content (AvgIpc) is 2.81. The van der Waals surface area contributed by atoms with E-state index in [0.29, 0.717) is 25.5 Å². The van der Waals surface area contributed by atoms with Crippen molar-refractivity contribution in [1.29, 1.82) is 0 Å². The molecule has 1 amide bonds. The third-order valence-electron chi connectivity index (χ3n) is 4.24. The van der Waals surface area contributed by atoms with E-state index in [4.69, 9.17) is 4.74 Å². The minimum absolute atomic E-state index is 0.349. The van der Waals surface area contributed by atoms with Crippen molar-refractivity contribution < 1.29 is 29.0 Å². The molecule has 0 spiro atoms. The second-order valence-electron chi connectivity index (χ2n) is 5.70.